The van der Waals surface area contributed by atoms with Crippen LogP contribution in [-0.4, -0.2) is 5.91 Å². The van der Waals surface area contributed by atoms with Crippen LogP contribution < -0.4 is 5.32 Å². The molecular weight excluding hydrogens is 287 g/mol. The van der Waals surface area contributed by atoms with Crippen LogP contribution in [0, 0.1) is 23.4 Å². The third-order valence-corrected chi connectivity index (χ3v) is 2.61. The standard InChI is InChI=1S/C10H9BrF3NO/c1-4(2)10(16)15-9-6(13)3-5(12)7(11)8(9)14/h3-4H,1-2H3,(H,15,16). The highest BCUT2D eigenvalue weighted by Crippen LogP contribution is 2.29. The summed E-state index contributed by atoms with van der Waals surface area (Å²) in [7, 11) is 0. The highest BCUT2D eigenvalue weighted by molar-refractivity contribution is 9.10. The monoisotopic (exact) mass is 295 g/mol. The molecule has 0 aromatic heterocycles. The summed E-state index contributed by atoms with van der Waals surface area (Å²) in [5, 5.41) is 2.06. The molecule has 0 aliphatic carbocycles. The Bertz CT molecular complexity index is 435. The van der Waals surface area contributed by atoms with Gasteiger partial charge in [0, 0.05) is 12.0 Å². The van der Waals surface area contributed by atoms with Gasteiger partial charge in [-0.1, -0.05) is 13.8 Å². The van der Waals surface area contributed by atoms with Gasteiger partial charge in [-0.15, -0.1) is 0 Å². The zero-order valence-corrected chi connectivity index (χ0v) is 10.2. The van der Waals surface area contributed by atoms with Crippen LogP contribution in [0.2, 0.25) is 0 Å². The van der Waals surface area contributed by atoms with Gasteiger partial charge >= 0.3 is 0 Å². The van der Waals surface area contributed by atoms with E-state index in [1.54, 1.807) is 13.8 Å². The highest BCUT2D eigenvalue weighted by atomic mass is 79.9. The van der Waals surface area contributed by atoms with Crippen molar-refractivity contribution in [3.8, 4) is 0 Å². The minimum absolute atomic E-state index is 0.428. The molecule has 2 nitrogen and oxygen atoms in total. The maximum atomic E-state index is 13.4. The Kier molecular flexibility index (Phi) is 3.96. The smallest absolute Gasteiger partial charge is 0.227 e. The maximum absolute atomic E-state index is 13.4. The summed E-state index contributed by atoms with van der Waals surface area (Å²) in [6, 6.07) is 0.503. The first-order chi connectivity index (χ1) is 7.34. The molecule has 1 aromatic rings. The average Bonchev–Trinajstić information content (AvgIpc) is 2.20. The van der Waals surface area contributed by atoms with E-state index in [0.29, 0.717) is 6.07 Å². The predicted molar refractivity (Wildman–Crippen MR) is 57.5 cm³/mol. The number of benzene rings is 1. The molecule has 6 heteroatoms. The molecule has 0 atom stereocenters. The molecule has 0 spiro atoms. The van der Waals surface area contributed by atoms with Crippen molar-refractivity contribution in [3.05, 3.63) is 28.0 Å². The van der Waals surface area contributed by atoms with Crippen LogP contribution >= 0.6 is 15.9 Å². The molecule has 16 heavy (non-hydrogen) atoms. The van der Waals surface area contributed by atoms with Crippen molar-refractivity contribution in [2.24, 2.45) is 5.92 Å². The molecular formula is C10H9BrF3NO. The highest BCUT2D eigenvalue weighted by Gasteiger charge is 2.19. The van der Waals surface area contributed by atoms with Crippen LogP contribution in [0.5, 0.6) is 0 Å². The third-order valence-electron chi connectivity index (χ3n) is 1.89. The molecule has 0 unspecified atom stereocenters. The number of anilines is 1. The number of halogens is 4. The van der Waals surface area contributed by atoms with E-state index < -0.39 is 39.4 Å². The van der Waals surface area contributed by atoms with Gasteiger partial charge in [-0.25, -0.2) is 13.2 Å². The summed E-state index contributed by atoms with van der Waals surface area (Å²) in [4.78, 5) is 11.3. The first-order valence-electron chi connectivity index (χ1n) is 4.48. The maximum Gasteiger partial charge on any atom is 0.227 e. The van der Waals surface area contributed by atoms with Crippen LogP contribution in [0.3, 0.4) is 0 Å². The molecule has 0 saturated carbocycles. The molecule has 0 aliphatic rings. The van der Waals surface area contributed by atoms with Crippen LogP contribution in [0.25, 0.3) is 0 Å². The van der Waals surface area contributed by atoms with Gasteiger partial charge < -0.3 is 5.32 Å². The van der Waals surface area contributed by atoms with Crippen molar-refractivity contribution in [2.75, 3.05) is 5.32 Å². The summed E-state index contributed by atoms with van der Waals surface area (Å²) >= 11 is 2.62. The number of hydrogen-bond donors (Lipinski definition) is 1. The van der Waals surface area contributed by atoms with Gasteiger partial charge in [0.15, 0.2) is 11.6 Å². The third kappa shape index (κ3) is 2.55. The van der Waals surface area contributed by atoms with E-state index in [-0.39, 0.29) is 0 Å². The number of carbonyl (C=O) groups excluding carboxylic acids is 1. The Morgan fingerprint density at radius 1 is 1.31 bits per heavy atom. The van der Waals surface area contributed by atoms with Gasteiger partial charge in [-0.2, -0.15) is 0 Å². The number of carbonyl (C=O) groups is 1. The Balaban J connectivity index is 3.15. The molecule has 0 aliphatic heterocycles. The van der Waals surface area contributed by atoms with Crippen LogP contribution in [0.15, 0.2) is 10.5 Å². The van der Waals surface area contributed by atoms with E-state index in [4.69, 9.17) is 0 Å². The van der Waals surface area contributed by atoms with E-state index in [0.717, 1.165) is 0 Å². The fourth-order valence-electron chi connectivity index (χ4n) is 0.948. The van der Waals surface area contributed by atoms with E-state index in [2.05, 4.69) is 21.2 Å². The Morgan fingerprint density at radius 2 is 1.88 bits per heavy atom. The molecule has 1 rings (SSSR count). The molecule has 0 bridgehead atoms. The Morgan fingerprint density at radius 3 is 2.38 bits per heavy atom. The first-order valence-corrected chi connectivity index (χ1v) is 5.27. The second-order valence-electron chi connectivity index (χ2n) is 3.49. The van der Waals surface area contributed by atoms with Crippen molar-refractivity contribution in [1.82, 2.24) is 0 Å². The zero-order chi connectivity index (χ0) is 12.5. The van der Waals surface area contributed by atoms with E-state index >= 15 is 0 Å². The molecule has 1 amide bonds. The Labute approximate surface area is 99.0 Å². The molecule has 0 saturated heterocycles. The number of nitrogens with one attached hydrogen (secondary N) is 1. The van der Waals surface area contributed by atoms with E-state index in [9.17, 15) is 18.0 Å². The summed E-state index contributed by atoms with van der Waals surface area (Å²) in [6.45, 7) is 3.15. The van der Waals surface area contributed by atoms with Crippen molar-refractivity contribution in [1.29, 1.82) is 0 Å². The largest absolute Gasteiger partial charge is 0.321 e. The lowest BCUT2D eigenvalue weighted by Crippen LogP contribution is -2.19. The van der Waals surface area contributed by atoms with Crippen molar-refractivity contribution >= 4 is 27.5 Å². The van der Waals surface area contributed by atoms with Gasteiger partial charge in [-0.05, 0) is 15.9 Å². The molecule has 1 N–H and O–H groups in total. The first kappa shape index (κ1) is 13.0. The van der Waals surface area contributed by atoms with Gasteiger partial charge in [0.25, 0.3) is 0 Å². The number of hydrogen-bond acceptors (Lipinski definition) is 1. The van der Waals surface area contributed by atoms with Crippen LogP contribution in [0.4, 0.5) is 18.9 Å². The van der Waals surface area contributed by atoms with Crippen molar-refractivity contribution in [3.63, 3.8) is 0 Å². The van der Waals surface area contributed by atoms with Crippen molar-refractivity contribution < 1.29 is 18.0 Å². The fourth-order valence-corrected chi connectivity index (χ4v) is 1.26. The quantitative estimate of drug-likeness (QED) is 0.657. The second kappa shape index (κ2) is 4.86. The van der Waals surface area contributed by atoms with Gasteiger partial charge in [0.1, 0.15) is 11.5 Å². The topological polar surface area (TPSA) is 29.1 Å². The van der Waals surface area contributed by atoms with E-state index in [1.807, 2.05) is 0 Å². The number of rotatable bonds is 2. The van der Waals surface area contributed by atoms with Gasteiger partial charge in [0.05, 0.1) is 4.47 Å². The molecule has 1 aromatic carbocycles. The van der Waals surface area contributed by atoms with Crippen LogP contribution in [-0.2, 0) is 4.79 Å². The molecule has 0 fully saturated rings. The summed E-state index contributed by atoms with van der Waals surface area (Å²) in [6.07, 6.45) is 0. The Hall–Kier alpha value is -1.04. The molecule has 0 radical (unpaired) electrons. The van der Waals surface area contributed by atoms with Gasteiger partial charge in [-0.3, -0.25) is 4.79 Å². The summed E-state index contributed by atoms with van der Waals surface area (Å²) in [5.74, 6) is -4.34. The van der Waals surface area contributed by atoms with Gasteiger partial charge in [0.2, 0.25) is 5.91 Å². The normalized spacial score (nSPS) is 10.7. The summed E-state index contributed by atoms with van der Waals surface area (Å²) in [5.41, 5.74) is -0.646. The van der Waals surface area contributed by atoms with Crippen molar-refractivity contribution in [2.45, 2.75) is 13.8 Å². The second-order valence-corrected chi connectivity index (χ2v) is 4.28. The lowest BCUT2D eigenvalue weighted by Gasteiger charge is -2.10. The summed E-state index contributed by atoms with van der Waals surface area (Å²) < 4.78 is 39.0. The zero-order valence-electron chi connectivity index (χ0n) is 8.57. The predicted octanol–water partition coefficient (Wildman–Crippen LogP) is 3.46. The lowest BCUT2D eigenvalue weighted by molar-refractivity contribution is -0.118. The number of amides is 1. The fraction of sp³-hybridized carbons (Fsp3) is 0.300. The average molecular weight is 296 g/mol. The molecule has 0 heterocycles. The van der Waals surface area contributed by atoms with Crippen LogP contribution in [0.1, 0.15) is 13.8 Å². The van der Waals surface area contributed by atoms with E-state index in [1.165, 1.54) is 0 Å². The minimum atomic E-state index is -1.16. The SMILES string of the molecule is CC(C)C(=O)Nc1c(F)cc(F)c(Br)c1F. The lowest BCUT2D eigenvalue weighted by atomic mass is 10.2. The molecule has 88 valence electrons. The minimum Gasteiger partial charge on any atom is -0.321 e.